The van der Waals surface area contributed by atoms with Crippen LogP contribution < -0.4 is 10.6 Å². The van der Waals surface area contributed by atoms with Gasteiger partial charge in [0, 0.05) is 17.3 Å². The van der Waals surface area contributed by atoms with E-state index in [0.717, 1.165) is 17.0 Å². The molecular weight excluding hydrogens is 334 g/mol. The van der Waals surface area contributed by atoms with E-state index >= 15 is 0 Å². The molecule has 0 saturated heterocycles. The molecule has 2 amide bonds. The van der Waals surface area contributed by atoms with E-state index in [-0.39, 0.29) is 18.0 Å². The first-order chi connectivity index (χ1) is 12.4. The summed E-state index contributed by atoms with van der Waals surface area (Å²) < 4.78 is 0. The number of aryl methyl sites for hydroxylation is 2. The summed E-state index contributed by atoms with van der Waals surface area (Å²) in [6, 6.07) is 5.39. The Bertz CT molecular complexity index is 809. The SMILES string of the molecule is Cc1nc(-c2ccc(C)c(NC(=O)NC3CCC(C(=O)O)CC3)c2)n[nH]1. The van der Waals surface area contributed by atoms with Crippen molar-refractivity contribution in [1.82, 2.24) is 20.5 Å². The maximum absolute atomic E-state index is 12.3. The van der Waals surface area contributed by atoms with E-state index in [1.54, 1.807) is 0 Å². The summed E-state index contributed by atoms with van der Waals surface area (Å²) in [7, 11) is 0. The number of H-pyrrole nitrogens is 1. The molecule has 1 heterocycles. The van der Waals surface area contributed by atoms with Gasteiger partial charge in [0.25, 0.3) is 0 Å². The molecule has 8 nitrogen and oxygen atoms in total. The summed E-state index contributed by atoms with van der Waals surface area (Å²) in [5.74, 6) is 0.269. The number of aliphatic carboxylic acids is 1. The van der Waals surface area contributed by atoms with Crippen molar-refractivity contribution in [3.05, 3.63) is 29.6 Å². The van der Waals surface area contributed by atoms with Crippen LogP contribution in [0.3, 0.4) is 0 Å². The number of nitrogens with zero attached hydrogens (tertiary/aromatic N) is 2. The lowest BCUT2D eigenvalue weighted by molar-refractivity contribution is -0.142. The van der Waals surface area contributed by atoms with Crippen molar-refractivity contribution in [2.45, 2.75) is 45.6 Å². The molecule has 1 aromatic heterocycles. The van der Waals surface area contributed by atoms with Gasteiger partial charge in [-0.2, -0.15) is 5.10 Å². The average molecular weight is 357 g/mol. The van der Waals surface area contributed by atoms with E-state index < -0.39 is 5.97 Å². The molecule has 1 aromatic carbocycles. The number of urea groups is 1. The highest BCUT2D eigenvalue weighted by atomic mass is 16.4. The molecule has 3 rings (SSSR count). The second kappa shape index (κ2) is 7.55. The molecule has 1 saturated carbocycles. The number of carbonyl (C=O) groups is 2. The zero-order valence-electron chi connectivity index (χ0n) is 14.9. The fourth-order valence-corrected chi connectivity index (χ4v) is 3.20. The van der Waals surface area contributed by atoms with Crippen molar-refractivity contribution in [1.29, 1.82) is 0 Å². The van der Waals surface area contributed by atoms with Gasteiger partial charge in [-0.1, -0.05) is 12.1 Å². The number of hydrogen-bond acceptors (Lipinski definition) is 4. The molecule has 0 unspecified atom stereocenters. The largest absolute Gasteiger partial charge is 0.481 e. The van der Waals surface area contributed by atoms with E-state index in [1.807, 2.05) is 32.0 Å². The van der Waals surface area contributed by atoms with Crippen LogP contribution >= 0.6 is 0 Å². The third kappa shape index (κ3) is 4.19. The number of carbonyl (C=O) groups excluding carboxylic acids is 1. The van der Waals surface area contributed by atoms with Gasteiger partial charge in [0.2, 0.25) is 0 Å². The van der Waals surface area contributed by atoms with Gasteiger partial charge in [0.1, 0.15) is 5.82 Å². The molecule has 0 aliphatic heterocycles. The van der Waals surface area contributed by atoms with Crippen molar-refractivity contribution in [2.24, 2.45) is 5.92 Å². The second-order valence-electron chi connectivity index (χ2n) is 6.76. The minimum atomic E-state index is -0.748. The molecule has 2 aromatic rings. The van der Waals surface area contributed by atoms with Crippen molar-refractivity contribution in [3.8, 4) is 11.4 Å². The normalized spacial score (nSPS) is 19.8. The summed E-state index contributed by atoms with van der Waals surface area (Å²) in [6.45, 7) is 3.75. The van der Waals surface area contributed by atoms with Gasteiger partial charge in [-0.15, -0.1) is 0 Å². The Morgan fingerprint density at radius 1 is 1.19 bits per heavy atom. The third-order valence-corrected chi connectivity index (χ3v) is 4.75. The van der Waals surface area contributed by atoms with Crippen LogP contribution in [0, 0.1) is 19.8 Å². The second-order valence-corrected chi connectivity index (χ2v) is 6.76. The number of carboxylic acids is 1. The first-order valence-electron chi connectivity index (χ1n) is 8.72. The van der Waals surface area contributed by atoms with Gasteiger partial charge in [-0.3, -0.25) is 9.89 Å². The fourth-order valence-electron chi connectivity index (χ4n) is 3.20. The first kappa shape index (κ1) is 17.9. The van der Waals surface area contributed by atoms with Crippen LogP contribution in [0.15, 0.2) is 18.2 Å². The standard InChI is InChI=1S/C18H23N5O3/c1-10-3-4-13(16-19-11(2)22-23-16)9-15(10)21-18(26)20-14-7-5-12(6-8-14)17(24)25/h3-4,9,12,14H,5-8H2,1-2H3,(H,24,25)(H,19,22,23)(H2,20,21,26). The number of hydrogen-bond donors (Lipinski definition) is 4. The quantitative estimate of drug-likeness (QED) is 0.671. The summed E-state index contributed by atoms with van der Waals surface area (Å²) in [5, 5.41) is 21.8. The fraction of sp³-hybridized carbons (Fsp3) is 0.444. The Morgan fingerprint density at radius 2 is 1.92 bits per heavy atom. The van der Waals surface area contributed by atoms with E-state index in [9.17, 15) is 9.59 Å². The topological polar surface area (TPSA) is 120 Å². The van der Waals surface area contributed by atoms with E-state index in [0.29, 0.717) is 37.2 Å². The molecule has 1 fully saturated rings. The van der Waals surface area contributed by atoms with Crippen molar-refractivity contribution in [3.63, 3.8) is 0 Å². The lowest BCUT2D eigenvalue weighted by Crippen LogP contribution is -2.41. The molecule has 0 radical (unpaired) electrons. The molecular formula is C18H23N5O3. The first-order valence-corrected chi connectivity index (χ1v) is 8.72. The van der Waals surface area contributed by atoms with Gasteiger partial charge < -0.3 is 15.7 Å². The molecule has 1 aliphatic carbocycles. The number of amides is 2. The summed E-state index contributed by atoms with van der Waals surface area (Å²) in [6.07, 6.45) is 2.55. The predicted molar refractivity (Wildman–Crippen MR) is 96.8 cm³/mol. The van der Waals surface area contributed by atoms with Gasteiger partial charge in [-0.05, 0) is 51.2 Å². The van der Waals surface area contributed by atoms with Gasteiger partial charge in [0.15, 0.2) is 5.82 Å². The molecule has 1 aliphatic rings. The summed E-state index contributed by atoms with van der Waals surface area (Å²) >= 11 is 0. The minimum absolute atomic E-state index is 0.00439. The van der Waals surface area contributed by atoms with Crippen LogP contribution in [-0.4, -0.2) is 38.3 Å². The van der Waals surface area contributed by atoms with Crippen LogP contribution in [0.2, 0.25) is 0 Å². The number of carboxylic acid groups (broad SMARTS) is 1. The average Bonchev–Trinajstić information content (AvgIpc) is 3.03. The molecule has 26 heavy (non-hydrogen) atoms. The zero-order valence-corrected chi connectivity index (χ0v) is 14.9. The Morgan fingerprint density at radius 3 is 2.54 bits per heavy atom. The molecule has 4 N–H and O–H groups in total. The smallest absolute Gasteiger partial charge is 0.319 e. The third-order valence-electron chi connectivity index (χ3n) is 4.75. The number of anilines is 1. The van der Waals surface area contributed by atoms with Crippen LogP contribution in [0.4, 0.5) is 10.5 Å². The monoisotopic (exact) mass is 357 g/mol. The lowest BCUT2D eigenvalue weighted by Gasteiger charge is -2.27. The van der Waals surface area contributed by atoms with Crippen molar-refractivity contribution in [2.75, 3.05) is 5.32 Å². The molecule has 0 spiro atoms. The number of nitrogens with one attached hydrogen (secondary N) is 3. The molecule has 138 valence electrons. The maximum Gasteiger partial charge on any atom is 0.319 e. The Hall–Kier alpha value is -2.90. The van der Waals surface area contributed by atoms with Crippen molar-refractivity contribution >= 4 is 17.7 Å². The van der Waals surface area contributed by atoms with Crippen LogP contribution in [0.1, 0.15) is 37.1 Å². The Labute approximate surface area is 151 Å². The number of rotatable bonds is 4. The lowest BCUT2D eigenvalue weighted by atomic mass is 9.86. The van der Waals surface area contributed by atoms with E-state index in [1.165, 1.54) is 0 Å². The number of benzene rings is 1. The molecule has 0 atom stereocenters. The van der Waals surface area contributed by atoms with Gasteiger partial charge >= 0.3 is 12.0 Å². The van der Waals surface area contributed by atoms with Crippen LogP contribution in [-0.2, 0) is 4.79 Å². The number of aromatic amines is 1. The predicted octanol–water partition coefficient (Wildman–Crippen LogP) is 2.85. The maximum atomic E-state index is 12.3. The Balaban J connectivity index is 1.61. The molecule has 8 heteroatoms. The summed E-state index contributed by atoms with van der Waals surface area (Å²) in [4.78, 5) is 27.6. The Kier molecular flexibility index (Phi) is 5.20. The number of aromatic nitrogens is 3. The zero-order chi connectivity index (χ0) is 18.7. The highest BCUT2D eigenvalue weighted by Gasteiger charge is 2.26. The van der Waals surface area contributed by atoms with Crippen molar-refractivity contribution < 1.29 is 14.7 Å². The highest BCUT2D eigenvalue weighted by molar-refractivity contribution is 5.91. The van der Waals surface area contributed by atoms with Gasteiger partial charge in [0.05, 0.1) is 5.92 Å². The van der Waals surface area contributed by atoms with Crippen LogP contribution in [0.25, 0.3) is 11.4 Å². The van der Waals surface area contributed by atoms with E-state index in [2.05, 4.69) is 25.8 Å². The highest BCUT2D eigenvalue weighted by Crippen LogP contribution is 2.25. The summed E-state index contributed by atoms with van der Waals surface area (Å²) in [5.41, 5.74) is 2.45. The van der Waals surface area contributed by atoms with Gasteiger partial charge in [-0.25, -0.2) is 9.78 Å². The minimum Gasteiger partial charge on any atom is -0.481 e. The van der Waals surface area contributed by atoms with Crippen LogP contribution in [0.5, 0.6) is 0 Å². The molecule has 0 bridgehead atoms. The van der Waals surface area contributed by atoms with E-state index in [4.69, 9.17) is 5.11 Å².